The van der Waals surface area contributed by atoms with E-state index in [9.17, 15) is 18.4 Å². The number of carbonyl (C=O) groups is 2. The van der Waals surface area contributed by atoms with Crippen molar-refractivity contribution >= 4 is 11.8 Å². The fourth-order valence-corrected chi connectivity index (χ4v) is 3.06. The average Bonchev–Trinajstić information content (AvgIpc) is 2.90. The second kappa shape index (κ2) is 8.08. The number of hydrogen-bond acceptors (Lipinski definition) is 2. The van der Waals surface area contributed by atoms with Crippen molar-refractivity contribution in [1.29, 1.82) is 0 Å². The lowest BCUT2D eigenvalue weighted by molar-refractivity contribution is -0.130. The highest BCUT2D eigenvalue weighted by atomic mass is 19.1. The molecule has 0 aliphatic carbocycles. The number of carbonyl (C=O) groups excluding carboxylic acids is 2. The van der Waals surface area contributed by atoms with Crippen LogP contribution < -0.4 is 0 Å². The van der Waals surface area contributed by atoms with Crippen LogP contribution in [0.25, 0.3) is 0 Å². The van der Waals surface area contributed by atoms with Gasteiger partial charge in [0.25, 0.3) is 5.91 Å². The second-order valence-corrected chi connectivity index (χ2v) is 6.31. The summed E-state index contributed by atoms with van der Waals surface area (Å²) in [7, 11) is 0. The predicted molar refractivity (Wildman–Crippen MR) is 93.6 cm³/mol. The maximum absolute atomic E-state index is 13.8. The van der Waals surface area contributed by atoms with Crippen LogP contribution in [0.2, 0.25) is 0 Å². The minimum atomic E-state index is -0.536. The Morgan fingerprint density at radius 2 is 1.50 bits per heavy atom. The first-order valence-electron chi connectivity index (χ1n) is 8.60. The Kier molecular flexibility index (Phi) is 5.61. The van der Waals surface area contributed by atoms with E-state index in [0.29, 0.717) is 32.6 Å². The van der Waals surface area contributed by atoms with E-state index < -0.39 is 5.82 Å². The van der Waals surface area contributed by atoms with Gasteiger partial charge in [0.05, 0.1) is 12.0 Å². The Morgan fingerprint density at radius 3 is 2.23 bits per heavy atom. The van der Waals surface area contributed by atoms with E-state index in [2.05, 4.69) is 0 Å². The Labute approximate surface area is 151 Å². The molecule has 0 unspecified atom stereocenters. The van der Waals surface area contributed by atoms with Crippen molar-refractivity contribution in [2.24, 2.45) is 0 Å². The van der Waals surface area contributed by atoms with Crippen molar-refractivity contribution in [2.75, 3.05) is 26.2 Å². The maximum Gasteiger partial charge on any atom is 0.256 e. The lowest BCUT2D eigenvalue weighted by Gasteiger charge is -2.22. The van der Waals surface area contributed by atoms with Crippen LogP contribution in [0.1, 0.15) is 22.3 Å². The van der Waals surface area contributed by atoms with Gasteiger partial charge in [-0.2, -0.15) is 0 Å². The molecule has 6 heteroatoms. The van der Waals surface area contributed by atoms with Crippen LogP contribution >= 0.6 is 0 Å². The van der Waals surface area contributed by atoms with Crippen LogP contribution in [-0.2, 0) is 11.2 Å². The van der Waals surface area contributed by atoms with Gasteiger partial charge in [0, 0.05) is 26.2 Å². The van der Waals surface area contributed by atoms with Gasteiger partial charge in [-0.1, -0.05) is 24.3 Å². The number of hydrogen-bond donors (Lipinski definition) is 0. The molecule has 0 radical (unpaired) electrons. The number of amides is 2. The van der Waals surface area contributed by atoms with Crippen LogP contribution in [0.5, 0.6) is 0 Å². The average molecular weight is 358 g/mol. The summed E-state index contributed by atoms with van der Waals surface area (Å²) in [6, 6.07) is 11.8. The molecule has 2 aromatic rings. The van der Waals surface area contributed by atoms with Crippen molar-refractivity contribution in [3.8, 4) is 0 Å². The van der Waals surface area contributed by atoms with Gasteiger partial charge in [-0.15, -0.1) is 0 Å². The third-order valence-corrected chi connectivity index (χ3v) is 4.51. The van der Waals surface area contributed by atoms with Gasteiger partial charge in [-0.3, -0.25) is 9.59 Å². The number of halogens is 2. The van der Waals surface area contributed by atoms with E-state index in [4.69, 9.17) is 0 Å². The molecule has 26 heavy (non-hydrogen) atoms. The molecule has 0 aromatic heterocycles. The number of benzene rings is 2. The highest BCUT2D eigenvalue weighted by Crippen LogP contribution is 2.13. The third kappa shape index (κ3) is 4.25. The summed E-state index contributed by atoms with van der Waals surface area (Å²) in [5, 5.41) is 0. The smallest absolute Gasteiger partial charge is 0.256 e. The van der Waals surface area contributed by atoms with E-state index >= 15 is 0 Å². The molecule has 1 heterocycles. The van der Waals surface area contributed by atoms with Crippen LogP contribution in [0, 0.1) is 11.6 Å². The molecule has 0 atom stereocenters. The Bertz CT molecular complexity index is 793. The van der Waals surface area contributed by atoms with E-state index in [0.717, 1.165) is 5.56 Å². The molecule has 2 aromatic carbocycles. The fourth-order valence-electron chi connectivity index (χ4n) is 3.06. The van der Waals surface area contributed by atoms with Crippen LogP contribution in [0.15, 0.2) is 48.5 Å². The lowest BCUT2D eigenvalue weighted by Crippen LogP contribution is -2.38. The molecule has 1 fully saturated rings. The van der Waals surface area contributed by atoms with Crippen molar-refractivity contribution in [2.45, 2.75) is 12.8 Å². The molecule has 1 saturated heterocycles. The highest BCUT2D eigenvalue weighted by molar-refractivity contribution is 5.94. The standard InChI is InChI=1S/C20H20F2N2O2/c21-16-8-6-15(7-9-16)14-19(25)23-10-3-11-24(13-12-23)20(26)17-4-1-2-5-18(17)22/h1-2,4-9H,3,10-14H2. The van der Waals surface area contributed by atoms with Gasteiger partial charge in [0.1, 0.15) is 11.6 Å². The summed E-state index contributed by atoms with van der Waals surface area (Å²) < 4.78 is 26.8. The summed E-state index contributed by atoms with van der Waals surface area (Å²) in [6.07, 6.45) is 0.830. The molecule has 0 saturated carbocycles. The van der Waals surface area contributed by atoms with Gasteiger partial charge >= 0.3 is 0 Å². The predicted octanol–water partition coefficient (Wildman–Crippen LogP) is 2.88. The maximum atomic E-state index is 13.8. The van der Waals surface area contributed by atoms with Crippen LogP contribution in [-0.4, -0.2) is 47.8 Å². The lowest BCUT2D eigenvalue weighted by atomic mass is 10.1. The normalized spacial score (nSPS) is 14.8. The SMILES string of the molecule is O=C(Cc1ccc(F)cc1)N1CCCN(C(=O)c2ccccc2F)CC1. The summed E-state index contributed by atoms with van der Waals surface area (Å²) in [4.78, 5) is 28.3. The number of nitrogens with zero attached hydrogens (tertiary/aromatic N) is 2. The van der Waals surface area contributed by atoms with Crippen molar-refractivity contribution in [3.05, 3.63) is 71.3 Å². The second-order valence-electron chi connectivity index (χ2n) is 6.31. The first kappa shape index (κ1) is 18.0. The van der Waals surface area contributed by atoms with Gasteiger partial charge in [0.15, 0.2) is 0 Å². The number of rotatable bonds is 3. The van der Waals surface area contributed by atoms with Crippen LogP contribution in [0.3, 0.4) is 0 Å². The largest absolute Gasteiger partial charge is 0.341 e. The Morgan fingerprint density at radius 1 is 0.846 bits per heavy atom. The van der Waals surface area contributed by atoms with Gasteiger partial charge in [-0.05, 0) is 36.2 Å². The Hall–Kier alpha value is -2.76. The molecule has 4 nitrogen and oxygen atoms in total. The van der Waals surface area contributed by atoms with E-state index in [1.54, 1.807) is 34.1 Å². The van der Waals surface area contributed by atoms with E-state index in [1.807, 2.05) is 0 Å². The monoisotopic (exact) mass is 358 g/mol. The fraction of sp³-hybridized carbons (Fsp3) is 0.300. The van der Waals surface area contributed by atoms with E-state index in [1.165, 1.54) is 24.3 Å². The first-order chi connectivity index (χ1) is 12.5. The highest BCUT2D eigenvalue weighted by Gasteiger charge is 2.24. The molecule has 1 aliphatic rings. The zero-order valence-corrected chi connectivity index (χ0v) is 14.3. The summed E-state index contributed by atoms with van der Waals surface area (Å²) in [6.45, 7) is 1.79. The van der Waals surface area contributed by atoms with Gasteiger partial charge < -0.3 is 9.80 Å². The molecule has 3 rings (SSSR count). The first-order valence-corrected chi connectivity index (χ1v) is 8.60. The summed E-state index contributed by atoms with van der Waals surface area (Å²) in [5.41, 5.74) is 0.804. The molecule has 0 N–H and O–H groups in total. The molecule has 2 amide bonds. The minimum absolute atomic E-state index is 0.0542. The molecule has 0 bridgehead atoms. The molecular weight excluding hydrogens is 338 g/mol. The molecule has 0 spiro atoms. The topological polar surface area (TPSA) is 40.6 Å². The summed E-state index contributed by atoms with van der Waals surface area (Å²) in [5.74, 6) is -1.28. The zero-order chi connectivity index (χ0) is 18.5. The summed E-state index contributed by atoms with van der Waals surface area (Å²) >= 11 is 0. The minimum Gasteiger partial charge on any atom is -0.341 e. The van der Waals surface area contributed by atoms with Crippen molar-refractivity contribution in [1.82, 2.24) is 9.80 Å². The Balaban J connectivity index is 1.61. The van der Waals surface area contributed by atoms with Crippen molar-refractivity contribution in [3.63, 3.8) is 0 Å². The molecule has 1 aliphatic heterocycles. The van der Waals surface area contributed by atoms with Gasteiger partial charge in [-0.25, -0.2) is 8.78 Å². The van der Waals surface area contributed by atoms with Crippen molar-refractivity contribution < 1.29 is 18.4 Å². The van der Waals surface area contributed by atoms with Crippen LogP contribution in [0.4, 0.5) is 8.78 Å². The molecule has 136 valence electrons. The van der Waals surface area contributed by atoms with E-state index in [-0.39, 0.29) is 29.6 Å². The zero-order valence-electron chi connectivity index (χ0n) is 14.3. The molecular formula is C20H20F2N2O2. The quantitative estimate of drug-likeness (QED) is 0.847. The third-order valence-electron chi connectivity index (χ3n) is 4.51. The van der Waals surface area contributed by atoms with Gasteiger partial charge in [0.2, 0.25) is 5.91 Å².